The summed E-state index contributed by atoms with van der Waals surface area (Å²) in [6, 6.07) is 7.62. The Morgan fingerprint density at radius 1 is 1.06 bits per heavy atom. The van der Waals surface area contributed by atoms with E-state index in [9.17, 15) is 32.3 Å². The van der Waals surface area contributed by atoms with Gasteiger partial charge in [-0.25, -0.2) is 17.6 Å². The summed E-state index contributed by atoms with van der Waals surface area (Å²) in [6.07, 6.45) is 0. The van der Waals surface area contributed by atoms with E-state index in [2.05, 4.69) is 5.32 Å². The standard InChI is InChI=1S/C24H17ClF4N2O3S/c1-11-24(34)31(10-15-16(27)3-4-20(32)22(15)25)19-6-12(2-5-21(19)35-11)23(33)30-9-14-17(28)7-13(26)8-18(14)29/h2-8,11,32H,9-10H2,1H3,(H,30,33). The van der Waals surface area contributed by atoms with Crippen LogP contribution in [0, 0.1) is 23.3 Å². The van der Waals surface area contributed by atoms with Crippen LogP contribution in [-0.2, 0) is 17.9 Å². The van der Waals surface area contributed by atoms with Crippen molar-refractivity contribution in [3.8, 4) is 5.75 Å². The van der Waals surface area contributed by atoms with Gasteiger partial charge >= 0.3 is 0 Å². The number of rotatable bonds is 5. The maximum absolute atomic E-state index is 14.5. The molecule has 0 aliphatic carbocycles. The normalized spacial score (nSPS) is 15.2. The van der Waals surface area contributed by atoms with Gasteiger partial charge in [-0.3, -0.25) is 9.59 Å². The molecular weight excluding hydrogens is 508 g/mol. The predicted molar refractivity (Wildman–Crippen MR) is 124 cm³/mol. The third kappa shape index (κ3) is 4.94. The van der Waals surface area contributed by atoms with Gasteiger partial charge < -0.3 is 15.3 Å². The lowest BCUT2D eigenvalue weighted by Gasteiger charge is -2.33. The summed E-state index contributed by atoms with van der Waals surface area (Å²) in [4.78, 5) is 27.6. The summed E-state index contributed by atoms with van der Waals surface area (Å²) in [5, 5.41) is 11.5. The van der Waals surface area contributed by atoms with Crippen molar-refractivity contribution in [1.82, 2.24) is 5.32 Å². The van der Waals surface area contributed by atoms with Crippen molar-refractivity contribution in [1.29, 1.82) is 0 Å². The molecule has 0 spiro atoms. The summed E-state index contributed by atoms with van der Waals surface area (Å²) in [5.41, 5.74) is -0.221. The van der Waals surface area contributed by atoms with Crippen molar-refractivity contribution in [2.24, 2.45) is 0 Å². The summed E-state index contributed by atoms with van der Waals surface area (Å²) in [6.45, 7) is 0.842. The molecule has 5 nitrogen and oxygen atoms in total. The molecule has 1 atom stereocenters. The minimum absolute atomic E-state index is 0.0714. The molecule has 0 bridgehead atoms. The van der Waals surface area contributed by atoms with Gasteiger partial charge in [0.2, 0.25) is 5.91 Å². The number of anilines is 1. The number of nitrogens with zero attached hydrogens (tertiary/aromatic N) is 1. The Kier molecular flexibility index (Phi) is 6.95. The number of hydrogen-bond donors (Lipinski definition) is 2. The smallest absolute Gasteiger partial charge is 0.251 e. The van der Waals surface area contributed by atoms with Gasteiger partial charge in [0.05, 0.1) is 22.5 Å². The van der Waals surface area contributed by atoms with E-state index < -0.39 is 46.5 Å². The van der Waals surface area contributed by atoms with E-state index in [4.69, 9.17) is 11.6 Å². The number of thioether (sulfide) groups is 1. The number of carbonyl (C=O) groups is 2. The Balaban J connectivity index is 1.63. The first kappa shape index (κ1) is 24.9. The minimum Gasteiger partial charge on any atom is -0.506 e. The lowest BCUT2D eigenvalue weighted by molar-refractivity contribution is -0.118. The van der Waals surface area contributed by atoms with E-state index in [0.29, 0.717) is 22.7 Å². The second kappa shape index (κ2) is 9.79. The van der Waals surface area contributed by atoms with Crippen LogP contribution < -0.4 is 10.2 Å². The predicted octanol–water partition coefficient (Wildman–Crippen LogP) is 5.56. The molecule has 0 aromatic heterocycles. The van der Waals surface area contributed by atoms with Crippen LogP contribution in [0.5, 0.6) is 5.75 Å². The number of halogens is 5. The van der Waals surface area contributed by atoms with Gasteiger partial charge in [0.25, 0.3) is 5.91 Å². The van der Waals surface area contributed by atoms with Gasteiger partial charge in [-0.05, 0) is 37.3 Å². The monoisotopic (exact) mass is 524 g/mol. The van der Waals surface area contributed by atoms with Crippen molar-refractivity contribution in [3.63, 3.8) is 0 Å². The molecule has 1 aliphatic heterocycles. The van der Waals surface area contributed by atoms with Gasteiger partial charge in [-0.1, -0.05) is 11.6 Å². The number of aromatic hydroxyl groups is 1. The van der Waals surface area contributed by atoms with E-state index in [0.717, 1.165) is 12.1 Å². The Morgan fingerprint density at radius 3 is 2.43 bits per heavy atom. The Hall–Kier alpha value is -3.24. The Labute approximate surface area is 206 Å². The highest BCUT2D eigenvalue weighted by Gasteiger charge is 2.32. The molecule has 0 fully saturated rings. The molecular formula is C24H17ClF4N2O3S. The number of carbonyl (C=O) groups excluding carboxylic acids is 2. The lowest BCUT2D eigenvalue weighted by atomic mass is 10.1. The van der Waals surface area contributed by atoms with Crippen LogP contribution in [-0.4, -0.2) is 22.2 Å². The minimum atomic E-state index is -1.14. The number of hydrogen-bond acceptors (Lipinski definition) is 4. The SMILES string of the molecule is CC1Sc2ccc(C(=O)NCc3c(F)cc(F)cc3F)cc2N(Cc2c(F)ccc(O)c2Cl)C1=O. The fraction of sp³-hybridized carbons (Fsp3) is 0.167. The average Bonchev–Trinajstić information content (AvgIpc) is 2.80. The molecule has 0 saturated heterocycles. The highest BCUT2D eigenvalue weighted by atomic mass is 35.5. The number of phenolic OH excluding ortho intramolecular Hbond substituents is 1. The molecule has 3 aromatic rings. The maximum Gasteiger partial charge on any atom is 0.251 e. The molecule has 3 aromatic carbocycles. The topological polar surface area (TPSA) is 69.6 Å². The summed E-state index contributed by atoms with van der Waals surface area (Å²) in [7, 11) is 0. The van der Waals surface area contributed by atoms with Gasteiger partial charge in [-0.15, -0.1) is 11.8 Å². The largest absolute Gasteiger partial charge is 0.506 e. The molecule has 11 heteroatoms. The van der Waals surface area contributed by atoms with Crippen LogP contribution in [0.25, 0.3) is 0 Å². The van der Waals surface area contributed by atoms with Crippen molar-refractivity contribution in [3.05, 3.63) is 87.4 Å². The van der Waals surface area contributed by atoms with Crippen LogP contribution in [0.4, 0.5) is 23.2 Å². The van der Waals surface area contributed by atoms with Crippen LogP contribution in [0.15, 0.2) is 47.4 Å². The molecule has 1 aliphatic rings. The summed E-state index contributed by atoms with van der Waals surface area (Å²) < 4.78 is 55.3. The molecule has 4 rings (SSSR count). The maximum atomic E-state index is 14.5. The number of nitrogens with one attached hydrogen (secondary N) is 1. The molecule has 2 N–H and O–H groups in total. The first-order chi connectivity index (χ1) is 16.6. The quantitative estimate of drug-likeness (QED) is 0.429. The van der Waals surface area contributed by atoms with E-state index in [-0.39, 0.29) is 34.4 Å². The Morgan fingerprint density at radius 2 is 1.74 bits per heavy atom. The van der Waals surface area contributed by atoms with Gasteiger partial charge in [-0.2, -0.15) is 0 Å². The lowest BCUT2D eigenvalue weighted by Crippen LogP contribution is -2.39. The van der Waals surface area contributed by atoms with E-state index >= 15 is 0 Å². The van der Waals surface area contributed by atoms with Crippen molar-refractivity contribution < 1.29 is 32.3 Å². The van der Waals surface area contributed by atoms with Crippen molar-refractivity contribution in [2.45, 2.75) is 30.2 Å². The van der Waals surface area contributed by atoms with Gasteiger partial charge in [0, 0.05) is 40.3 Å². The van der Waals surface area contributed by atoms with Gasteiger partial charge in [0.15, 0.2) is 0 Å². The summed E-state index contributed by atoms with van der Waals surface area (Å²) in [5.74, 6) is -5.48. The molecule has 182 valence electrons. The zero-order valence-electron chi connectivity index (χ0n) is 18.0. The third-order valence-corrected chi connectivity index (χ3v) is 7.02. The highest BCUT2D eigenvalue weighted by Crippen LogP contribution is 2.41. The third-order valence-electron chi connectivity index (χ3n) is 5.44. The second-order valence-corrected chi connectivity index (χ2v) is 9.52. The van der Waals surface area contributed by atoms with Crippen LogP contribution in [0.2, 0.25) is 5.02 Å². The van der Waals surface area contributed by atoms with E-state index in [1.165, 1.54) is 28.8 Å². The van der Waals surface area contributed by atoms with Crippen molar-refractivity contribution >= 4 is 40.9 Å². The van der Waals surface area contributed by atoms with Crippen LogP contribution >= 0.6 is 23.4 Å². The van der Waals surface area contributed by atoms with E-state index in [1.807, 2.05) is 0 Å². The average molecular weight is 525 g/mol. The van der Waals surface area contributed by atoms with Crippen molar-refractivity contribution in [2.75, 3.05) is 4.90 Å². The van der Waals surface area contributed by atoms with Gasteiger partial charge in [0.1, 0.15) is 29.0 Å². The highest BCUT2D eigenvalue weighted by molar-refractivity contribution is 8.01. The number of amides is 2. The molecule has 2 amide bonds. The second-order valence-electron chi connectivity index (χ2n) is 7.76. The molecule has 0 saturated carbocycles. The number of phenols is 1. The molecule has 0 radical (unpaired) electrons. The zero-order chi connectivity index (χ0) is 25.4. The van der Waals surface area contributed by atoms with Crippen LogP contribution in [0.1, 0.15) is 28.4 Å². The zero-order valence-corrected chi connectivity index (χ0v) is 19.6. The molecule has 1 unspecified atom stereocenters. The number of benzene rings is 3. The molecule has 35 heavy (non-hydrogen) atoms. The van der Waals surface area contributed by atoms with E-state index in [1.54, 1.807) is 13.0 Å². The summed E-state index contributed by atoms with van der Waals surface area (Å²) >= 11 is 7.31. The fourth-order valence-corrected chi connectivity index (χ4v) is 4.87. The molecule has 1 heterocycles. The number of fused-ring (bicyclic) bond motifs is 1. The Bertz CT molecular complexity index is 1330. The first-order valence-electron chi connectivity index (χ1n) is 10.3. The van der Waals surface area contributed by atoms with Crippen LogP contribution in [0.3, 0.4) is 0 Å². The first-order valence-corrected chi connectivity index (χ1v) is 11.5. The fourth-order valence-electron chi connectivity index (χ4n) is 3.61.